The standard InChI is InChI=1S/C10H20O5S2/c1-3-4-13-8-6(11)5-14-9(7(8)12)15-10(2,16)17/h6-9,11-12,16-17H,3-5H2,1-2H3/t6-,7-,8+,9?/m1/s1. The van der Waals surface area contributed by atoms with Crippen molar-refractivity contribution in [3.63, 3.8) is 0 Å². The topological polar surface area (TPSA) is 68.2 Å². The van der Waals surface area contributed by atoms with Gasteiger partial charge in [-0.3, -0.25) is 0 Å². The van der Waals surface area contributed by atoms with E-state index in [1.165, 1.54) is 0 Å². The van der Waals surface area contributed by atoms with Gasteiger partial charge in [-0.15, -0.1) is 25.3 Å². The van der Waals surface area contributed by atoms with Gasteiger partial charge in [0, 0.05) is 6.61 Å². The third kappa shape index (κ3) is 4.94. The molecule has 0 bridgehead atoms. The first kappa shape index (κ1) is 15.6. The summed E-state index contributed by atoms with van der Waals surface area (Å²) in [5.41, 5.74) is 0. The molecule has 0 aromatic heterocycles. The van der Waals surface area contributed by atoms with E-state index in [1.807, 2.05) is 6.92 Å². The molecular formula is C10H20O5S2. The first-order chi connectivity index (χ1) is 7.85. The van der Waals surface area contributed by atoms with E-state index >= 15 is 0 Å². The first-order valence-corrected chi connectivity index (χ1v) is 6.46. The van der Waals surface area contributed by atoms with E-state index in [1.54, 1.807) is 6.92 Å². The maximum absolute atomic E-state index is 9.99. The summed E-state index contributed by atoms with van der Waals surface area (Å²) in [7, 11) is 0. The van der Waals surface area contributed by atoms with Gasteiger partial charge in [0.25, 0.3) is 0 Å². The summed E-state index contributed by atoms with van der Waals surface area (Å²) in [6, 6.07) is 0. The molecule has 1 saturated heterocycles. The number of ether oxygens (including phenoxy) is 3. The summed E-state index contributed by atoms with van der Waals surface area (Å²) >= 11 is 8.15. The summed E-state index contributed by atoms with van der Waals surface area (Å²) in [6.45, 7) is 4.07. The molecule has 0 saturated carbocycles. The van der Waals surface area contributed by atoms with Crippen LogP contribution in [0.1, 0.15) is 20.3 Å². The highest BCUT2D eigenvalue weighted by Crippen LogP contribution is 2.28. The second-order valence-electron chi connectivity index (χ2n) is 4.15. The maximum Gasteiger partial charge on any atom is 0.188 e. The van der Waals surface area contributed by atoms with Crippen molar-refractivity contribution in [1.82, 2.24) is 0 Å². The third-order valence-electron chi connectivity index (χ3n) is 2.28. The van der Waals surface area contributed by atoms with Gasteiger partial charge in [-0.2, -0.15) is 0 Å². The Kier molecular flexibility index (Phi) is 6.04. The molecule has 17 heavy (non-hydrogen) atoms. The van der Waals surface area contributed by atoms with Crippen LogP contribution in [0.15, 0.2) is 0 Å². The number of aliphatic hydroxyl groups is 2. The lowest BCUT2D eigenvalue weighted by molar-refractivity contribution is -0.283. The number of hydrogen-bond acceptors (Lipinski definition) is 7. The maximum atomic E-state index is 9.99. The highest BCUT2D eigenvalue weighted by atomic mass is 32.2. The average molecular weight is 284 g/mol. The Balaban J connectivity index is 2.58. The molecule has 0 aliphatic carbocycles. The molecule has 0 amide bonds. The van der Waals surface area contributed by atoms with Gasteiger partial charge < -0.3 is 24.4 Å². The van der Waals surface area contributed by atoms with Crippen LogP contribution in [0.3, 0.4) is 0 Å². The summed E-state index contributed by atoms with van der Waals surface area (Å²) in [4.78, 5) is 0. The SMILES string of the molecule is CCCO[C@H]1[C@H](O)COC(OC(C)(S)S)[C@@H]1O. The van der Waals surface area contributed by atoms with E-state index in [0.29, 0.717) is 6.61 Å². The van der Waals surface area contributed by atoms with Gasteiger partial charge >= 0.3 is 0 Å². The smallest absolute Gasteiger partial charge is 0.188 e. The fourth-order valence-corrected chi connectivity index (χ4v) is 1.76. The molecule has 1 rings (SSSR count). The second kappa shape index (κ2) is 6.60. The van der Waals surface area contributed by atoms with Gasteiger partial charge in [0.2, 0.25) is 0 Å². The van der Waals surface area contributed by atoms with Crippen LogP contribution in [0.25, 0.3) is 0 Å². The summed E-state index contributed by atoms with van der Waals surface area (Å²) in [5, 5.41) is 19.7. The van der Waals surface area contributed by atoms with Gasteiger partial charge in [-0.05, 0) is 13.3 Å². The molecule has 0 aromatic rings. The minimum Gasteiger partial charge on any atom is -0.388 e. The molecule has 1 fully saturated rings. The van der Waals surface area contributed by atoms with Crippen molar-refractivity contribution in [1.29, 1.82) is 0 Å². The van der Waals surface area contributed by atoms with Crippen molar-refractivity contribution in [2.24, 2.45) is 0 Å². The molecule has 1 heterocycles. The quantitative estimate of drug-likeness (QED) is 0.435. The Labute approximate surface area is 112 Å². The zero-order valence-electron chi connectivity index (χ0n) is 9.94. The van der Waals surface area contributed by atoms with E-state index in [4.69, 9.17) is 14.2 Å². The molecule has 1 aliphatic rings. The van der Waals surface area contributed by atoms with E-state index < -0.39 is 28.9 Å². The minimum atomic E-state index is -1.07. The Morgan fingerprint density at radius 3 is 2.59 bits per heavy atom. The molecule has 0 aromatic carbocycles. The molecular weight excluding hydrogens is 264 g/mol. The Morgan fingerprint density at radius 2 is 2.06 bits per heavy atom. The zero-order valence-corrected chi connectivity index (χ0v) is 11.7. The van der Waals surface area contributed by atoms with Gasteiger partial charge in [0.15, 0.2) is 10.6 Å². The van der Waals surface area contributed by atoms with Crippen LogP contribution in [0.2, 0.25) is 0 Å². The molecule has 1 unspecified atom stereocenters. The summed E-state index contributed by atoms with van der Waals surface area (Å²) < 4.78 is 14.9. The monoisotopic (exact) mass is 284 g/mol. The van der Waals surface area contributed by atoms with Gasteiger partial charge in [-0.1, -0.05) is 6.92 Å². The molecule has 0 radical (unpaired) electrons. The van der Waals surface area contributed by atoms with Crippen molar-refractivity contribution in [3.05, 3.63) is 0 Å². The highest BCUT2D eigenvalue weighted by Gasteiger charge is 2.42. The van der Waals surface area contributed by atoms with Gasteiger partial charge in [0.1, 0.15) is 18.3 Å². The van der Waals surface area contributed by atoms with E-state index in [9.17, 15) is 10.2 Å². The molecule has 1 aliphatic heterocycles. The largest absolute Gasteiger partial charge is 0.388 e. The predicted octanol–water partition coefficient (Wildman–Crippen LogP) is 0.410. The van der Waals surface area contributed by atoms with Crippen molar-refractivity contribution in [3.8, 4) is 0 Å². The third-order valence-corrected chi connectivity index (χ3v) is 2.49. The number of thiol groups is 2. The first-order valence-electron chi connectivity index (χ1n) is 5.57. The van der Waals surface area contributed by atoms with Crippen molar-refractivity contribution >= 4 is 25.3 Å². The normalized spacial score (nSPS) is 34.9. The summed E-state index contributed by atoms with van der Waals surface area (Å²) in [5.74, 6) is 0. The minimum absolute atomic E-state index is 0.0493. The molecule has 4 atom stereocenters. The van der Waals surface area contributed by atoms with E-state index in [0.717, 1.165) is 6.42 Å². The lowest BCUT2D eigenvalue weighted by Crippen LogP contribution is -2.56. The highest BCUT2D eigenvalue weighted by molar-refractivity contribution is 8.00. The Bertz CT molecular complexity index is 233. The number of rotatable bonds is 5. The van der Waals surface area contributed by atoms with Crippen molar-refractivity contribution in [2.75, 3.05) is 13.2 Å². The number of aliphatic hydroxyl groups excluding tert-OH is 2. The van der Waals surface area contributed by atoms with Crippen molar-refractivity contribution < 1.29 is 24.4 Å². The fraction of sp³-hybridized carbons (Fsp3) is 1.00. The van der Waals surface area contributed by atoms with E-state index in [2.05, 4.69) is 25.3 Å². The van der Waals surface area contributed by atoms with Gasteiger partial charge in [-0.25, -0.2) is 0 Å². The fourth-order valence-electron chi connectivity index (χ4n) is 1.56. The van der Waals surface area contributed by atoms with Crippen LogP contribution in [-0.2, 0) is 14.2 Å². The molecule has 102 valence electrons. The Morgan fingerprint density at radius 1 is 1.41 bits per heavy atom. The molecule has 0 spiro atoms. The van der Waals surface area contributed by atoms with Crippen LogP contribution in [0, 0.1) is 0 Å². The van der Waals surface area contributed by atoms with Crippen LogP contribution in [0.5, 0.6) is 0 Å². The zero-order chi connectivity index (χ0) is 13.1. The van der Waals surface area contributed by atoms with Crippen LogP contribution >= 0.6 is 25.3 Å². The lowest BCUT2D eigenvalue weighted by atomic mass is 10.1. The second-order valence-corrected chi connectivity index (χ2v) is 6.21. The van der Waals surface area contributed by atoms with Crippen molar-refractivity contribution in [2.45, 2.75) is 49.1 Å². The number of hydrogen-bond donors (Lipinski definition) is 4. The summed E-state index contributed by atoms with van der Waals surface area (Å²) in [6.07, 6.45) is -2.73. The Hall–Kier alpha value is 0.500. The average Bonchev–Trinajstić information content (AvgIpc) is 2.21. The van der Waals surface area contributed by atoms with Crippen LogP contribution in [-0.4, -0.2) is 52.3 Å². The van der Waals surface area contributed by atoms with Crippen LogP contribution < -0.4 is 0 Å². The molecule has 7 heteroatoms. The molecule has 5 nitrogen and oxygen atoms in total. The van der Waals surface area contributed by atoms with E-state index in [-0.39, 0.29) is 6.61 Å². The van der Waals surface area contributed by atoms with Gasteiger partial charge in [0.05, 0.1) is 6.61 Å². The lowest BCUT2D eigenvalue weighted by Gasteiger charge is -2.39. The molecule has 2 N–H and O–H groups in total. The predicted molar refractivity (Wildman–Crippen MR) is 69.2 cm³/mol. The van der Waals surface area contributed by atoms with Crippen LogP contribution in [0.4, 0.5) is 0 Å².